The quantitative estimate of drug-likeness (QED) is 0.610. The number of rotatable bonds is 3. The average molecular weight is 444 g/mol. The number of piperazine rings is 1. The van der Waals surface area contributed by atoms with Gasteiger partial charge in [-0.1, -0.05) is 17.7 Å². The number of carbonyl (C=O) groups excluding carboxylic acids is 1. The lowest BCUT2D eigenvalue weighted by Gasteiger charge is -2.35. The summed E-state index contributed by atoms with van der Waals surface area (Å²) in [6, 6.07) is 12.4. The molecular formula is C27H29N3O3. The molecular weight excluding hydrogens is 414 g/mol. The first-order valence-corrected chi connectivity index (χ1v) is 12.0. The van der Waals surface area contributed by atoms with E-state index in [0.29, 0.717) is 6.79 Å². The monoisotopic (exact) mass is 443 g/mol. The van der Waals surface area contributed by atoms with E-state index in [9.17, 15) is 4.79 Å². The highest BCUT2D eigenvalue weighted by Crippen LogP contribution is 2.33. The zero-order valence-corrected chi connectivity index (χ0v) is 19.1. The van der Waals surface area contributed by atoms with Crippen LogP contribution in [0, 0.1) is 6.92 Å². The lowest BCUT2D eigenvalue weighted by Crippen LogP contribution is -2.48. The third kappa shape index (κ3) is 3.82. The third-order valence-corrected chi connectivity index (χ3v) is 7.13. The minimum Gasteiger partial charge on any atom is -0.454 e. The van der Waals surface area contributed by atoms with E-state index >= 15 is 0 Å². The topological polar surface area (TPSA) is 54.9 Å². The molecule has 3 heterocycles. The predicted octanol–water partition coefficient (Wildman–Crippen LogP) is 4.11. The van der Waals surface area contributed by atoms with E-state index in [-0.39, 0.29) is 5.91 Å². The smallest absolute Gasteiger partial charge is 0.254 e. The molecule has 6 heteroatoms. The zero-order valence-electron chi connectivity index (χ0n) is 19.1. The highest BCUT2D eigenvalue weighted by Gasteiger charge is 2.28. The van der Waals surface area contributed by atoms with Crippen molar-refractivity contribution in [1.82, 2.24) is 14.8 Å². The Bertz CT molecular complexity index is 1230. The molecule has 1 aromatic heterocycles. The summed E-state index contributed by atoms with van der Waals surface area (Å²) in [6.07, 6.45) is 4.22. The molecule has 1 amide bonds. The van der Waals surface area contributed by atoms with Crippen molar-refractivity contribution in [1.29, 1.82) is 0 Å². The van der Waals surface area contributed by atoms with Gasteiger partial charge in [0, 0.05) is 43.8 Å². The molecule has 1 aliphatic carbocycles. The first-order chi connectivity index (χ1) is 16.2. The van der Waals surface area contributed by atoms with Gasteiger partial charge in [-0.2, -0.15) is 0 Å². The lowest BCUT2D eigenvalue weighted by atomic mass is 9.89. The molecule has 0 unspecified atom stereocenters. The number of aromatic nitrogens is 1. The van der Waals surface area contributed by atoms with Crippen molar-refractivity contribution in [2.45, 2.75) is 39.2 Å². The number of nitrogens with zero attached hydrogens (tertiary/aromatic N) is 3. The molecule has 2 aromatic carbocycles. The van der Waals surface area contributed by atoms with Crippen LogP contribution in [0.15, 0.2) is 36.4 Å². The number of benzene rings is 2. The van der Waals surface area contributed by atoms with Crippen LogP contribution >= 0.6 is 0 Å². The van der Waals surface area contributed by atoms with Crippen molar-refractivity contribution in [3.05, 3.63) is 64.3 Å². The standard InChI is InChI=1S/C27H29N3O3/c1-18-6-8-23-21(14-18)26(20-4-2-3-5-22(20)28-23)27(31)30-12-10-29(11-13-30)16-19-7-9-24-25(15-19)33-17-32-24/h6-9,14-15H,2-5,10-13,16-17H2,1H3. The molecule has 0 bridgehead atoms. The first-order valence-electron chi connectivity index (χ1n) is 12.0. The van der Waals surface area contributed by atoms with Crippen LogP contribution in [-0.2, 0) is 19.4 Å². The number of amides is 1. The summed E-state index contributed by atoms with van der Waals surface area (Å²) in [6.45, 7) is 6.45. The molecule has 3 aliphatic rings. The van der Waals surface area contributed by atoms with Crippen molar-refractivity contribution in [3.8, 4) is 11.5 Å². The van der Waals surface area contributed by atoms with Gasteiger partial charge < -0.3 is 14.4 Å². The average Bonchev–Trinajstić information content (AvgIpc) is 3.31. The van der Waals surface area contributed by atoms with E-state index in [0.717, 1.165) is 92.1 Å². The van der Waals surface area contributed by atoms with E-state index in [1.54, 1.807) is 0 Å². The van der Waals surface area contributed by atoms with Gasteiger partial charge in [0.1, 0.15) is 0 Å². The number of hydrogen-bond donors (Lipinski definition) is 0. The molecule has 0 radical (unpaired) electrons. The normalized spacial score (nSPS) is 17.9. The highest BCUT2D eigenvalue weighted by molar-refractivity contribution is 6.08. The van der Waals surface area contributed by atoms with Gasteiger partial charge >= 0.3 is 0 Å². The van der Waals surface area contributed by atoms with Crippen LogP contribution in [0.5, 0.6) is 11.5 Å². The molecule has 33 heavy (non-hydrogen) atoms. The Labute approximate surface area is 194 Å². The Morgan fingerprint density at radius 2 is 1.79 bits per heavy atom. The second-order valence-electron chi connectivity index (χ2n) is 9.40. The Morgan fingerprint density at radius 3 is 2.67 bits per heavy atom. The van der Waals surface area contributed by atoms with Gasteiger partial charge in [0.2, 0.25) is 6.79 Å². The second-order valence-corrected chi connectivity index (χ2v) is 9.40. The maximum Gasteiger partial charge on any atom is 0.254 e. The third-order valence-electron chi connectivity index (χ3n) is 7.13. The number of hydrogen-bond acceptors (Lipinski definition) is 5. The molecule has 0 N–H and O–H groups in total. The van der Waals surface area contributed by atoms with Gasteiger partial charge in [0.05, 0.1) is 11.1 Å². The molecule has 6 rings (SSSR count). The first kappa shape index (κ1) is 20.5. The van der Waals surface area contributed by atoms with Gasteiger partial charge in [-0.05, 0) is 68.0 Å². The van der Waals surface area contributed by atoms with E-state index in [1.165, 1.54) is 16.7 Å². The van der Waals surface area contributed by atoms with Gasteiger partial charge in [-0.25, -0.2) is 0 Å². The van der Waals surface area contributed by atoms with E-state index in [2.05, 4.69) is 42.2 Å². The Kier molecular flexibility index (Phi) is 5.18. The minimum absolute atomic E-state index is 0.175. The van der Waals surface area contributed by atoms with E-state index < -0.39 is 0 Å². The van der Waals surface area contributed by atoms with Crippen LogP contribution in [0.4, 0.5) is 0 Å². The molecule has 1 saturated heterocycles. The Hall–Kier alpha value is -3.12. The fourth-order valence-electron chi connectivity index (χ4n) is 5.35. The summed E-state index contributed by atoms with van der Waals surface area (Å²) in [5.41, 5.74) is 6.55. The predicted molar refractivity (Wildman–Crippen MR) is 127 cm³/mol. The largest absolute Gasteiger partial charge is 0.454 e. The number of pyridine rings is 1. The number of ether oxygens (including phenoxy) is 2. The maximum absolute atomic E-state index is 13.8. The fourth-order valence-corrected chi connectivity index (χ4v) is 5.35. The Morgan fingerprint density at radius 1 is 0.970 bits per heavy atom. The molecule has 0 atom stereocenters. The van der Waals surface area contributed by atoms with Crippen molar-refractivity contribution >= 4 is 16.8 Å². The number of carbonyl (C=O) groups is 1. The summed E-state index contributed by atoms with van der Waals surface area (Å²) in [7, 11) is 0. The summed E-state index contributed by atoms with van der Waals surface area (Å²) < 4.78 is 10.9. The highest BCUT2D eigenvalue weighted by atomic mass is 16.7. The van der Waals surface area contributed by atoms with Crippen molar-refractivity contribution in [2.75, 3.05) is 33.0 Å². The Balaban J connectivity index is 1.22. The van der Waals surface area contributed by atoms with Crippen LogP contribution in [-0.4, -0.2) is 53.7 Å². The van der Waals surface area contributed by atoms with Crippen LogP contribution < -0.4 is 9.47 Å². The zero-order chi connectivity index (χ0) is 22.4. The van der Waals surface area contributed by atoms with Crippen LogP contribution in [0.3, 0.4) is 0 Å². The second kappa shape index (κ2) is 8.34. The molecule has 1 fully saturated rings. The molecule has 3 aromatic rings. The fraction of sp³-hybridized carbons (Fsp3) is 0.407. The van der Waals surface area contributed by atoms with Crippen molar-refractivity contribution in [3.63, 3.8) is 0 Å². The lowest BCUT2D eigenvalue weighted by molar-refractivity contribution is 0.0629. The van der Waals surface area contributed by atoms with Gasteiger partial charge in [-0.15, -0.1) is 0 Å². The summed E-state index contributed by atoms with van der Waals surface area (Å²) >= 11 is 0. The SMILES string of the molecule is Cc1ccc2nc3c(c(C(=O)N4CCN(Cc5ccc6c(c5)OCO6)CC4)c2c1)CCCC3. The summed E-state index contributed by atoms with van der Waals surface area (Å²) in [5, 5.41) is 1.02. The van der Waals surface area contributed by atoms with Crippen LogP contribution in [0.25, 0.3) is 10.9 Å². The molecule has 6 nitrogen and oxygen atoms in total. The van der Waals surface area contributed by atoms with Crippen molar-refractivity contribution in [2.24, 2.45) is 0 Å². The van der Waals surface area contributed by atoms with E-state index in [1.807, 2.05) is 11.0 Å². The maximum atomic E-state index is 13.8. The molecule has 170 valence electrons. The summed E-state index contributed by atoms with van der Waals surface area (Å²) in [5.74, 6) is 1.82. The van der Waals surface area contributed by atoms with Crippen LogP contribution in [0.2, 0.25) is 0 Å². The van der Waals surface area contributed by atoms with Crippen LogP contribution in [0.1, 0.15) is 45.6 Å². The number of fused-ring (bicyclic) bond motifs is 3. The molecule has 2 aliphatic heterocycles. The summed E-state index contributed by atoms with van der Waals surface area (Å²) in [4.78, 5) is 23.2. The van der Waals surface area contributed by atoms with Gasteiger partial charge in [0.15, 0.2) is 11.5 Å². The van der Waals surface area contributed by atoms with Crippen molar-refractivity contribution < 1.29 is 14.3 Å². The molecule has 0 saturated carbocycles. The van der Waals surface area contributed by atoms with Gasteiger partial charge in [-0.3, -0.25) is 14.7 Å². The minimum atomic E-state index is 0.175. The molecule has 0 spiro atoms. The number of aryl methyl sites for hydroxylation is 2. The van der Waals surface area contributed by atoms with E-state index in [4.69, 9.17) is 14.5 Å². The van der Waals surface area contributed by atoms with Gasteiger partial charge in [0.25, 0.3) is 5.91 Å².